The maximum Gasteiger partial charge on any atom is 0.220 e. The Kier molecular flexibility index (Phi) is 6.16. The molecule has 0 aromatic heterocycles. The van der Waals surface area contributed by atoms with Crippen LogP contribution in [0.25, 0.3) is 0 Å². The van der Waals surface area contributed by atoms with Crippen LogP contribution in [0.2, 0.25) is 0 Å². The molecule has 2 heteroatoms. The smallest absolute Gasteiger partial charge is 0.133 e. The molecule has 0 aliphatic heterocycles. The first-order valence-corrected chi connectivity index (χ1v) is 10.7. The molecule has 3 aromatic carbocycles. The Morgan fingerprint density at radius 2 is 1.04 bits per heavy atom. The zero-order chi connectivity index (χ0) is 19.6. The minimum Gasteiger partial charge on any atom is -0.133 e. The summed E-state index contributed by atoms with van der Waals surface area (Å²) in [5.74, 6) is 0. The summed E-state index contributed by atoms with van der Waals surface area (Å²) in [6.07, 6.45) is 0. The fourth-order valence-electron chi connectivity index (χ4n) is 4.49. The molecule has 3 aromatic rings. The Bertz CT molecular complexity index is 840. The van der Waals surface area contributed by atoms with Gasteiger partial charge in [0.25, 0.3) is 0 Å². The van der Waals surface area contributed by atoms with Gasteiger partial charge < -0.3 is 0 Å². The number of hydrogen-bond donors (Lipinski definition) is 0. The Labute approximate surface area is 169 Å². The standard InChI is InChI=1S/C25H29BS/c1-17-12-19(3)24(20(4)13-17)26(16-27-23-10-8-7-9-11-23)25-21(5)14-18(2)15-22(25)6/h7-15H,16H2,1-6H3. The molecule has 0 unspecified atom stereocenters. The Hall–Kier alpha value is -1.93. The van der Waals surface area contributed by atoms with E-state index in [0.717, 1.165) is 5.65 Å². The quantitative estimate of drug-likeness (QED) is 0.422. The van der Waals surface area contributed by atoms with Gasteiger partial charge >= 0.3 is 0 Å². The van der Waals surface area contributed by atoms with Crippen LogP contribution in [0.4, 0.5) is 0 Å². The van der Waals surface area contributed by atoms with Crippen molar-refractivity contribution in [2.45, 2.75) is 46.4 Å². The maximum atomic E-state index is 2.33. The Morgan fingerprint density at radius 3 is 1.44 bits per heavy atom. The van der Waals surface area contributed by atoms with E-state index in [1.807, 2.05) is 11.8 Å². The molecule has 0 aliphatic carbocycles. The fourth-order valence-corrected chi connectivity index (χ4v) is 5.53. The summed E-state index contributed by atoms with van der Waals surface area (Å²) in [5.41, 5.74) is 12.4. The molecule has 0 atom stereocenters. The summed E-state index contributed by atoms with van der Waals surface area (Å²) in [6.45, 7) is 13.9. The van der Waals surface area contributed by atoms with Gasteiger partial charge in [0.1, 0.15) is 0 Å². The van der Waals surface area contributed by atoms with E-state index in [2.05, 4.69) is 96.1 Å². The van der Waals surface area contributed by atoms with Crippen LogP contribution in [-0.4, -0.2) is 12.4 Å². The van der Waals surface area contributed by atoms with Crippen molar-refractivity contribution in [3.63, 3.8) is 0 Å². The van der Waals surface area contributed by atoms with Crippen molar-refractivity contribution in [2.24, 2.45) is 0 Å². The molecule has 0 amide bonds. The number of hydrogen-bond acceptors (Lipinski definition) is 1. The van der Waals surface area contributed by atoms with Crippen molar-refractivity contribution in [1.29, 1.82) is 0 Å². The second kappa shape index (κ2) is 8.40. The third-order valence-electron chi connectivity index (χ3n) is 5.33. The predicted molar refractivity (Wildman–Crippen MR) is 123 cm³/mol. The lowest BCUT2D eigenvalue weighted by Gasteiger charge is -2.24. The van der Waals surface area contributed by atoms with Crippen molar-refractivity contribution >= 4 is 29.4 Å². The van der Waals surface area contributed by atoms with Crippen LogP contribution >= 0.6 is 11.8 Å². The zero-order valence-corrected chi connectivity index (χ0v) is 18.2. The fraction of sp³-hybridized carbons (Fsp3) is 0.280. The van der Waals surface area contributed by atoms with E-state index >= 15 is 0 Å². The summed E-state index contributed by atoms with van der Waals surface area (Å²) in [5, 5.41) is 0. The molecule has 0 radical (unpaired) electrons. The molecular weight excluding hydrogens is 343 g/mol. The summed E-state index contributed by atoms with van der Waals surface area (Å²) in [6, 6.07) is 20.1. The molecule has 0 nitrogen and oxygen atoms in total. The normalized spacial score (nSPS) is 10.9. The molecule has 0 spiro atoms. The van der Waals surface area contributed by atoms with E-state index in [1.54, 1.807) is 0 Å². The van der Waals surface area contributed by atoms with E-state index in [-0.39, 0.29) is 0 Å². The van der Waals surface area contributed by atoms with Gasteiger partial charge in [0.15, 0.2) is 0 Å². The highest BCUT2D eigenvalue weighted by molar-refractivity contribution is 8.00. The highest BCUT2D eigenvalue weighted by Crippen LogP contribution is 2.20. The topological polar surface area (TPSA) is 0 Å². The summed E-state index contributed by atoms with van der Waals surface area (Å²) in [7, 11) is 0. The van der Waals surface area contributed by atoms with Crippen LogP contribution in [0.3, 0.4) is 0 Å². The third kappa shape index (κ3) is 4.50. The van der Waals surface area contributed by atoms with Crippen molar-refractivity contribution in [2.75, 3.05) is 5.65 Å². The van der Waals surface area contributed by atoms with Crippen LogP contribution in [0.5, 0.6) is 0 Å². The van der Waals surface area contributed by atoms with Gasteiger partial charge in [-0.2, -0.15) is 0 Å². The largest absolute Gasteiger partial charge is 0.220 e. The number of benzene rings is 3. The van der Waals surface area contributed by atoms with Gasteiger partial charge in [0.05, 0.1) is 0 Å². The molecule has 138 valence electrons. The number of rotatable bonds is 5. The molecule has 0 aliphatic rings. The van der Waals surface area contributed by atoms with Gasteiger partial charge in [-0.05, 0) is 59.3 Å². The second-order valence-corrected chi connectivity index (χ2v) is 8.89. The van der Waals surface area contributed by atoms with E-state index in [4.69, 9.17) is 0 Å². The van der Waals surface area contributed by atoms with Crippen LogP contribution in [0.15, 0.2) is 59.5 Å². The van der Waals surface area contributed by atoms with Crippen LogP contribution in [0, 0.1) is 41.5 Å². The van der Waals surface area contributed by atoms with Crippen LogP contribution in [-0.2, 0) is 0 Å². The predicted octanol–water partition coefficient (Wildman–Crippen LogP) is 5.48. The minimum absolute atomic E-state index is 0.399. The van der Waals surface area contributed by atoms with Crippen molar-refractivity contribution in [3.05, 3.63) is 88.0 Å². The molecule has 0 saturated carbocycles. The van der Waals surface area contributed by atoms with Gasteiger partial charge in [0, 0.05) is 4.90 Å². The summed E-state index contributed by atoms with van der Waals surface area (Å²) < 4.78 is 0. The molecule has 0 saturated heterocycles. The van der Waals surface area contributed by atoms with E-state index in [1.165, 1.54) is 49.2 Å². The Morgan fingerprint density at radius 1 is 0.630 bits per heavy atom. The molecule has 0 heterocycles. The minimum atomic E-state index is 0.399. The first-order valence-electron chi connectivity index (χ1n) is 9.70. The molecule has 0 fully saturated rings. The second-order valence-electron chi connectivity index (χ2n) is 7.80. The number of thioether (sulfide) groups is 1. The van der Waals surface area contributed by atoms with Crippen molar-refractivity contribution in [1.82, 2.24) is 0 Å². The SMILES string of the molecule is Cc1cc(C)c(B(CSc2ccccc2)c2c(C)cc(C)cc2C)c(C)c1. The molecule has 0 N–H and O–H groups in total. The summed E-state index contributed by atoms with van der Waals surface area (Å²) >= 11 is 1.96. The van der Waals surface area contributed by atoms with E-state index < -0.39 is 0 Å². The lowest BCUT2D eigenvalue weighted by atomic mass is 9.39. The highest BCUT2D eigenvalue weighted by Gasteiger charge is 2.26. The van der Waals surface area contributed by atoms with Crippen LogP contribution < -0.4 is 10.9 Å². The first-order chi connectivity index (χ1) is 12.9. The van der Waals surface area contributed by atoms with Gasteiger partial charge in [-0.15, -0.1) is 11.8 Å². The monoisotopic (exact) mass is 372 g/mol. The van der Waals surface area contributed by atoms with E-state index in [0.29, 0.717) is 6.71 Å². The molecule has 0 bridgehead atoms. The highest BCUT2D eigenvalue weighted by atomic mass is 32.2. The average molecular weight is 372 g/mol. The number of aryl methyl sites for hydroxylation is 6. The zero-order valence-electron chi connectivity index (χ0n) is 17.4. The van der Waals surface area contributed by atoms with Gasteiger partial charge in [0.2, 0.25) is 6.71 Å². The first kappa shape index (κ1) is 19.8. The van der Waals surface area contributed by atoms with Crippen molar-refractivity contribution in [3.8, 4) is 0 Å². The summed E-state index contributed by atoms with van der Waals surface area (Å²) in [4.78, 5) is 1.34. The lowest BCUT2D eigenvalue weighted by molar-refractivity contribution is 1.33. The van der Waals surface area contributed by atoms with Gasteiger partial charge in [-0.3, -0.25) is 0 Å². The third-order valence-corrected chi connectivity index (χ3v) is 6.44. The lowest BCUT2D eigenvalue weighted by Crippen LogP contribution is -2.49. The molecule has 3 rings (SSSR count). The maximum absolute atomic E-state index is 2.33. The van der Waals surface area contributed by atoms with Crippen LogP contribution in [0.1, 0.15) is 33.4 Å². The Balaban J connectivity index is 2.10. The average Bonchev–Trinajstić information content (AvgIpc) is 2.58. The van der Waals surface area contributed by atoms with Crippen molar-refractivity contribution < 1.29 is 0 Å². The van der Waals surface area contributed by atoms with Gasteiger partial charge in [-0.1, -0.05) is 86.8 Å². The van der Waals surface area contributed by atoms with Gasteiger partial charge in [-0.25, -0.2) is 0 Å². The molecular formula is C25H29BS. The van der Waals surface area contributed by atoms with E-state index in [9.17, 15) is 0 Å². The molecule has 27 heavy (non-hydrogen) atoms.